The van der Waals surface area contributed by atoms with Gasteiger partial charge in [-0.15, -0.1) is 0 Å². The minimum Gasteiger partial charge on any atom is -0.376 e. The van der Waals surface area contributed by atoms with E-state index in [0.717, 1.165) is 0 Å². The Balaban J connectivity index is 1.39. The fourth-order valence-corrected chi connectivity index (χ4v) is 4.89. The molecule has 0 radical (unpaired) electrons. The second-order valence-corrected chi connectivity index (χ2v) is 9.93. The molecule has 2 aromatic rings. The van der Waals surface area contributed by atoms with Crippen LogP contribution in [0.1, 0.15) is 25.7 Å². The highest BCUT2D eigenvalue weighted by atomic mass is 32.2. The summed E-state index contributed by atoms with van der Waals surface area (Å²) in [5, 5.41) is 6.23. The van der Waals surface area contributed by atoms with Gasteiger partial charge in [0.15, 0.2) is 0 Å². The van der Waals surface area contributed by atoms with Crippen molar-refractivity contribution >= 4 is 27.3 Å². The van der Waals surface area contributed by atoms with Crippen molar-refractivity contribution < 1.29 is 13.2 Å². The lowest BCUT2D eigenvalue weighted by atomic mass is 10.1. The number of anilines is 2. The van der Waals surface area contributed by atoms with Crippen molar-refractivity contribution in [3.63, 3.8) is 0 Å². The third kappa shape index (κ3) is 4.72. The van der Waals surface area contributed by atoms with Crippen LogP contribution in [0.2, 0.25) is 0 Å². The van der Waals surface area contributed by atoms with Gasteiger partial charge in [0, 0.05) is 18.8 Å². The van der Waals surface area contributed by atoms with E-state index >= 15 is 0 Å². The first-order chi connectivity index (χ1) is 13.9. The van der Waals surface area contributed by atoms with Crippen LogP contribution in [0.5, 0.6) is 0 Å². The first-order valence-corrected chi connectivity index (χ1v) is 11.6. The van der Waals surface area contributed by atoms with Gasteiger partial charge in [-0.3, -0.25) is 9.10 Å². The van der Waals surface area contributed by atoms with Crippen molar-refractivity contribution in [1.82, 2.24) is 5.32 Å². The number of nitrogens with zero attached hydrogens (tertiary/aromatic N) is 1. The molecule has 0 aromatic heterocycles. The van der Waals surface area contributed by atoms with Crippen LogP contribution in [-0.4, -0.2) is 34.0 Å². The van der Waals surface area contributed by atoms with Crippen molar-refractivity contribution in [1.29, 1.82) is 0 Å². The molecule has 0 aliphatic heterocycles. The van der Waals surface area contributed by atoms with Gasteiger partial charge in [0.05, 0.1) is 17.1 Å². The molecule has 0 saturated heterocycles. The Morgan fingerprint density at radius 2 is 1.69 bits per heavy atom. The molecule has 2 aliphatic rings. The lowest BCUT2D eigenvalue weighted by molar-refractivity contribution is -0.120. The van der Waals surface area contributed by atoms with Crippen LogP contribution in [0.25, 0.3) is 0 Å². The summed E-state index contributed by atoms with van der Waals surface area (Å²) in [5.74, 6) is 1.25. The van der Waals surface area contributed by atoms with Gasteiger partial charge in [-0.1, -0.05) is 24.3 Å². The molecule has 0 bridgehead atoms. The lowest BCUT2D eigenvalue weighted by Crippen LogP contribution is -2.41. The largest absolute Gasteiger partial charge is 0.376 e. The predicted molar refractivity (Wildman–Crippen MR) is 114 cm³/mol. The van der Waals surface area contributed by atoms with E-state index < -0.39 is 10.0 Å². The number of rotatable bonds is 9. The zero-order chi connectivity index (χ0) is 20.4. The zero-order valence-corrected chi connectivity index (χ0v) is 17.4. The van der Waals surface area contributed by atoms with Crippen LogP contribution in [0.3, 0.4) is 0 Å². The average molecular weight is 414 g/mol. The SMILES string of the molecule is CN(c1ccccc1)S(=O)(=O)c1cccc(NCC(=O)NC(C2CC2)C2CC2)c1. The molecule has 2 fully saturated rings. The number of para-hydroxylation sites is 1. The van der Waals surface area contributed by atoms with Gasteiger partial charge in [-0.05, 0) is 67.9 Å². The van der Waals surface area contributed by atoms with E-state index in [2.05, 4.69) is 10.6 Å². The predicted octanol–water partition coefficient (Wildman–Crippen LogP) is 3.23. The molecule has 0 atom stereocenters. The molecular formula is C22H27N3O3S. The van der Waals surface area contributed by atoms with Gasteiger partial charge in [0.1, 0.15) is 0 Å². The van der Waals surface area contributed by atoms with Gasteiger partial charge in [-0.25, -0.2) is 8.42 Å². The second-order valence-electron chi connectivity index (χ2n) is 7.96. The summed E-state index contributed by atoms with van der Waals surface area (Å²) in [6, 6.07) is 15.9. The minimum atomic E-state index is -3.69. The monoisotopic (exact) mass is 413 g/mol. The molecule has 2 N–H and O–H groups in total. The quantitative estimate of drug-likeness (QED) is 0.662. The van der Waals surface area contributed by atoms with E-state index in [0.29, 0.717) is 29.3 Å². The normalized spacial score (nSPS) is 16.5. The standard InChI is InChI=1S/C22H27N3O3S/c1-25(19-7-3-2-4-8-19)29(27,28)20-9-5-6-18(14-20)23-15-21(26)24-22(16-10-11-16)17-12-13-17/h2-9,14,16-17,22-23H,10-13,15H2,1H3,(H,24,26). The van der Waals surface area contributed by atoms with E-state index in [1.54, 1.807) is 48.5 Å². The molecule has 2 aromatic carbocycles. The van der Waals surface area contributed by atoms with Gasteiger partial charge in [0.25, 0.3) is 10.0 Å². The molecule has 2 aliphatic carbocycles. The van der Waals surface area contributed by atoms with Crippen LogP contribution in [0, 0.1) is 11.8 Å². The summed E-state index contributed by atoms with van der Waals surface area (Å²) in [6.07, 6.45) is 4.85. The highest BCUT2D eigenvalue weighted by Crippen LogP contribution is 2.44. The molecule has 1 amide bonds. The summed E-state index contributed by atoms with van der Waals surface area (Å²) in [6.45, 7) is 0.133. The molecule has 29 heavy (non-hydrogen) atoms. The summed E-state index contributed by atoms with van der Waals surface area (Å²) in [5.41, 5.74) is 1.20. The molecule has 0 unspecified atom stereocenters. The third-order valence-corrected chi connectivity index (χ3v) is 7.43. The highest BCUT2D eigenvalue weighted by Gasteiger charge is 2.42. The van der Waals surface area contributed by atoms with Gasteiger partial charge in [-0.2, -0.15) is 0 Å². The molecule has 2 saturated carbocycles. The molecule has 6 nitrogen and oxygen atoms in total. The molecule has 4 rings (SSSR count). The first-order valence-electron chi connectivity index (χ1n) is 10.1. The van der Waals surface area contributed by atoms with Crippen molar-refractivity contribution in [3.8, 4) is 0 Å². The van der Waals surface area contributed by atoms with Crippen LogP contribution in [0.4, 0.5) is 11.4 Å². The Morgan fingerprint density at radius 1 is 1.03 bits per heavy atom. The van der Waals surface area contributed by atoms with Gasteiger partial charge < -0.3 is 10.6 Å². The Kier molecular flexibility index (Phi) is 5.50. The minimum absolute atomic E-state index is 0.0385. The number of amides is 1. The average Bonchev–Trinajstić information content (AvgIpc) is 3.64. The van der Waals surface area contributed by atoms with E-state index in [9.17, 15) is 13.2 Å². The Morgan fingerprint density at radius 3 is 2.31 bits per heavy atom. The summed E-state index contributed by atoms with van der Waals surface area (Å²) in [7, 11) is -2.15. The second kappa shape index (κ2) is 8.06. The van der Waals surface area contributed by atoms with Crippen LogP contribution in [-0.2, 0) is 14.8 Å². The topological polar surface area (TPSA) is 78.5 Å². The molecule has 0 spiro atoms. The van der Waals surface area contributed by atoms with E-state index in [1.165, 1.54) is 37.0 Å². The van der Waals surface area contributed by atoms with E-state index in [1.807, 2.05) is 6.07 Å². The fraction of sp³-hybridized carbons (Fsp3) is 0.409. The molecular weight excluding hydrogens is 386 g/mol. The summed E-state index contributed by atoms with van der Waals surface area (Å²) >= 11 is 0. The Labute approximate surface area is 172 Å². The Hall–Kier alpha value is -2.54. The molecule has 0 heterocycles. The van der Waals surface area contributed by atoms with Crippen molar-refractivity contribution in [2.75, 3.05) is 23.2 Å². The third-order valence-electron chi connectivity index (χ3n) is 5.65. The number of hydrogen-bond acceptors (Lipinski definition) is 4. The zero-order valence-electron chi connectivity index (χ0n) is 16.5. The molecule has 154 valence electrons. The van der Waals surface area contributed by atoms with Crippen molar-refractivity contribution in [3.05, 3.63) is 54.6 Å². The molecule has 7 heteroatoms. The number of carbonyl (C=O) groups excluding carboxylic acids is 1. The van der Waals surface area contributed by atoms with Gasteiger partial charge >= 0.3 is 0 Å². The van der Waals surface area contributed by atoms with E-state index in [-0.39, 0.29) is 17.3 Å². The number of sulfonamides is 1. The fourth-order valence-electron chi connectivity index (χ4n) is 3.65. The number of benzene rings is 2. The highest BCUT2D eigenvalue weighted by molar-refractivity contribution is 7.92. The Bertz CT molecular complexity index is 958. The summed E-state index contributed by atoms with van der Waals surface area (Å²) < 4.78 is 27.2. The maximum atomic E-state index is 13.0. The number of nitrogens with one attached hydrogen (secondary N) is 2. The van der Waals surface area contributed by atoms with Crippen LogP contribution in [0.15, 0.2) is 59.5 Å². The first kappa shape index (κ1) is 19.8. The van der Waals surface area contributed by atoms with Crippen molar-refractivity contribution in [2.45, 2.75) is 36.6 Å². The smallest absolute Gasteiger partial charge is 0.264 e. The lowest BCUT2D eigenvalue weighted by Gasteiger charge is -2.20. The maximum Gasteiger partial charge on any atom is 0.264 e. The summed E-state index contributed by atoms with van der Waals surface area (Å²) in [4.78, 5) is 12.5. The van der Waals surface area contributed by atoms with Crippen molar-refractivity contribution in [2.24, 2.45) is 11.8 Å². The van der Waals surface area contributed by atoms with Crippen LogP contribution >= 0.6 is 0 Å². The van der Waals surface area contributed by atoms with Gasteiger partial charge in [0.2, 0.25) is 5.91 Å². The van der Waals surface area contributed by atoms with E-state index in [4.69, 9.17) is 0 Å². The number of carbonyl (C=O) groups is 1. The van der Waals surface area contributed by atoms with Crippen LogP contribution < -0.4 is 14.9 Å². The number of hydrogen-bond donors (Lipinski definition) is 2. The maximum absolute atomic E-state index is 13.0.